The molecule has 66 valence electrons. The normalized spacial score (nSPS) is 24.7. The number of fused-ring (bicyclic) bond motifs is 1. The van der Waals surface area contributed by atoms with Gasteiger partial charge in [0.1, 0.15) is 5.71 Å². The van der Waals surface area contributed by atoms with E-state index in [4.69, 9.17) is 5.11 Å². The lowest BCUT2D eigenvalue weighted by atomic mass is 10.0. The molecule has 0 radical (unpaired) electrons. The van der Waals surface area contributed by atoms with E-state index >= 15 is 0 Å². The van der Waals surface area contributed by atoms with Gasteiger partial charge in [-0.15, -0.1) is 0 Å². The minimum Gasteiger partial charge on any atom is -0.477 e. The van der Waals surface area contributed by atoms with E-state index in [-0.39, 0.29) is 11.8 Å². The first kappa shape index (κ1) is 8.44. The molecule has 0 spiro atoms. The van der Waals surface area contributed by atoms with Crippen LogP contribution in [0.4, 0.5) is 0 Å². The fraction of sp³-hybridized carbons (Fsp3) is 0.111. The summed E-state index contributed by atoms with van der Waals surface area (Å²) in [5.41, 5.74) is 1.05. The van der Waals surface area contributed by atoms with E-state index in [1.807, 2.05) is 18.2 Å². The van der Waals surface area contributed by atoms with Gasteiger partial charge in [0, 0.05) is 4.48 Å². The maximum absolute atomic E-state index is 10.6. The summed E-state index contributed by atoms with van der Waals surface area (Å²) in [6.45, 7) is 0. The summed E-state index contributed by atoms with van der Waals surface area (Å²) >= 11 is 3.32. The predicted octanol–water partition coefficient (Wildman–Crippen LogP) is 1.67. The highest BCUT2D eigenvalue weighted by Crippen LogP contribution is 2.26. The zero-order valence-corrected chi connectivity index (χ0v) is 8.15. The van der Waals surface area contributed by atoms with Gasteiger partial charge >= 0.3 is 5.97 Å². The van der Waals surface area contributed by atoms with Crippen LogP contribution in [0, 0.1) is 0 Å². The van der Waals surface area contributed by atoms with Gasteiger partial charge in [0.2, 0.25) is 0 Å². The van der Waals surface area contributed by atoms with Crippen molar-refractivity contribution < 1.29 is 9.90 Å². The second-order valence-corrected chi connectivity index (χ2v) is 3.71. The number of rotatable bonds is 1. The lowest BCUT2D eigenvalue weighted by Crippen LogP contribution is -2.08. The highest BCUT2D eigenvalue weighted by Gasteiger charge is 2.22. The van der Waals surface area contributed by atoms with Crippen LogP contribution in [-0.4, -0.2) is 22.8 Å². The topological polar surface area (TPSA) is 49.7 Å². The molecule has 0 unspecified atom stereocenters. The van der Waals surface area contributed by atoms with Crippen LogP contribution >= 0.6 is 15.9 Å². The van der Waals surface area contributed by atoms with Crippen LogP contribution in [0.5, 0.6) is 0 Å². The average molecular weight is 240 g/mol. The summed E-state index contributed by atoms with van der Waals surface area (Å²) in [4.78, 5) is 14.6. The van der Waals surface area contributed by atoms with Crippen molar-refractivity contribution in [3.05, 3.63) is 34.4 Å². The number of carbonyl (C=O) groups is 1. The van der Waals surface area contributed by atoms with Crippen LogP contribution in [0.15, 0.2) is 39.4 Å². The van der Waals surface area contributed by atoms with Crippen LogP contribution in [0.3, 0.4) is 0 Å². The summed E-state index contributed by atoms with van der Waals surface area (Å²) in [7, 11) is 0. The van der Waals surface area contributed by atoms with Crippen LogP contribution < -0.4 is 0 Å². The van der Waals surface area contributed by atoms with Gasteiger partial charge in [-0.2, -0.15) is 0 Å². The molecule has 0 bridgehead atoms. The molecule has 0 saturated heterocycles. The standard InChI is InChI=1S/C9H6BrNO2/c10-6-1-2-7-5(3-6)4-8(11-7)9(12)13/h1-4,7H,(H,12,13)/t7-/m1/s1. The molecule has 1 N–H and O–H groups in total. The molecule has 2 rings (SSSR count). The van der Waals surface area contributed by atoms with Crippen molar-refractivity contribution in [1.82, 2.24) is 0 Å². The van der Waals surface area contributed by atoms with Gasteiger partial charge in [-0.05, 0) is 23.8 Å². The fourth-order valence-corrected chi connectivity index (χ4v) is 1.71. The minimum atomic E-state index is -0.972. The number of aliphatic carboxylic acids is 1. The molecule has 0 aromatic rings. The molecule has 0 saturated carbocycles. The number of hydrogen-bond donors (Lipinski definition) is 1. The maximum Gasteiger partial charge on any atom is 0.354 e. The van der Waals surface area contributed by atoms with Crippen molar-refractivity contribution in [1.29, 1.82) is 0 Å². The van der Waals surface area contributed by atoms with E-state index in [1.54, 1.807) is 6.08 Å². The number of carboxylic acids is 1. The Hall–Kier alpha value is -1.16. The average Bonchev–Trinajstić information content (AvgIpc) is 2.46. The van der Waals surface area contributed by atoms with Crippen molar-refractivity contribution in [2.75, 3.05) is 0 Å². The van der Waals surface area contributed by atoms with Crippen molar-refractivity contribution in [2.45, 2.75) is 6.04 Å². The molecule has 1 aliphatic carbocycles. The Morgan fingerprint density at radius 1 is 1.54 bits per heavy atom. The van der Waals surface area contributed by atoms with Crippen molar-refractivity contribution in [3.8, 4) is 0 Å². The first-order valence-corrected chi connectivity index (χ1v) is 4.54. The number of hydrogen-bond acceptors (Lipinski definition) is 2. The van der Waals surface area contributed by atoms with Gasteiger partial charge in [-0.1, -0.05) is 22.0 Å². The monoisotopic (exact) mass is 239 g/mol. The molecule has 13 heavy (non-hydrogen) atoms. The third-order valence-corrected chi connectivity index (χ3v) is 2.38. The Morgan fingerprint density at radius 2 is 2.31 bits per heavy atom. The highest BCUT2D eigenvalue weighted by atomic mass is 79.9. The van der Waals surface area contributed by atoms with Crippen LogP contribution in [-0.2, 0) is 4.79 Å². The lowest BCUT2D eigenvalue weighted by molar-refractivity contribution is -0.129. The predicted molar refractivity (Wildman–Crippen MR) is 53.1 cm³/mol. The summed E-state index contributed by atoms with van der Waals surface area (Å²) in [5, 5.41) is 8.69. The molecule has 1 heterocycles. The molecule has 2 aliphatic rings. The number of halogens is 1. The molecule has 0 aromatic carbocycles. The molecule has 4 heteroatoms. The zero-order chi connectivity index (χ0) is 9.42. The largest absolute Gasteiger partial charge is 0.477 e. The van der Waals surface area contributed by atoms with Gasteiger partial charge in [0.25, 0.3) is 0 Å². The van der Waals surface area contributed by atoms with Crippen LogP contribution in [0.25, 0.3) is 0 Å². The van der Waals surface area contributed by atoms with E-state index in [0.717, 1.165) is 10.1 Å². The second-order valence-electron chi connectivity index (χ2n) is 2.80. The number of carboxylic acid groups (broad SMARTS) is 1. The fourth-order valence-electron chi connectivity index (χ4n) is 1.29. The van der Waals surface area contributed by atoms with Gasteiger partial charge in [0.05, 0.1) is 6.04 Å². The van der Waals surface area contributed by atoms with Crippen molar-refractivity contribution >= 4 is 27.6 Å². The van der Waals surface area contributed by atoms with Gasteiger partial charge in [-0.3, -0.25) is 4.99 Å². The number of aliphatic imine (C=N–C) groups is 1. The van der Waals surface area contributed by atoms with Crippen molar-refractivity contribution in [2.24, 2.45) is 4.99 Å². The minimum absolute atomic E-state index is 0.104. The Bertz CT molecular complexity index is 390. The first-order valence-electron chi connectivity index (χ1n) is 3.75. The summed E-state index contributed by atoms with van der Waals surface area (Å²) in [6.07, 6.45) is 7.21. The Labute approximate surface area is 83.3 Å². The Kier molecular flexibility index (Phi) is 1.92. The number of nitrogens with zero attached hydrogens (tertiary/aromatic N) is 1. The molecule has 0 fully saturated rings. The smallest absolute Gasteiger partial charge is 0.354 e. The van der Waals surface area contributed by atoms with E-state index in [1.165, 1.54) is 0 Å². The maximum atomic E-state index is 10.6. The van der Waals surface area contributed by atoms with E-state index in [9.17, 15) is 4.79 Å². The van der Waals surface area contributed by atoms with Gasteiger partial charge in [0.15, 0.2) is 0 Å². The van der Waals surface area contributed by atoms with E-state index in [2.05, 4.69) is 20.9 Å². The third kappa shape index (κ3) is 1.49. The molecular weight excluding hydrogens is 234 g/mol. The SMILES string of the molecule is O=C(O)C1=N[C@@H]2C=CC(Br)=CC2=C1. The third-order valence-electron chi connectivity index (χ3n) is 1.88. The van der Waals surface area contributed by atoms with E-state index in [0.29, 0.717) is 0 Å². The van der Waals surface area contributed by atoms with E-state index < -0.39 is 5.97 Å². The zero-order valence-electron chi connectivity index (χ0n) is 6.57. The van der Waals surface area contributed by atoms with Crippen LogP contribution in [0.2, 0.25) is 0 Å². The molecule has 0 aromatic heterocycles. The molecule has 1 atom stereocenters. The molecule has 0 amide bonds. The molecule has 1 aliphatic heterocycles. The van der Waals surface area contributed by atoms with Gasteiger partial charge < -0.3 is 5.11 Å². The summed E-state index contributed by atoms with van der Waals surface area (Å²) in [6, 6.07) is -0.104. The van der Waals surface area contributed by atoms with Gasteiger partial charge in [-0.25, -0.2) is 4.79 Å². The highest BCUT2D eigenvalue weighted by molar-refractivity contribution is 9.11. The van der Waals surface area contributed by atoms with Crippen molar-refractivity contribution in [3.63, 3.8) is 0 Å². The number of allylic oxidation sites excluding steroid dienone is 2. The Morgan fingerprint density at radius 3 is 3.00 bits per heavy atom. The second kappa shape index (κ2) is 2.96. The molecule has 3 nitrogen and oxygen atoms in total. The molecular formula is C9H6BrNO2. The summed E-state index contributed by atoms with van der Waals surface area (Å²) in [5.74, 6) is -0.972. The first-order chi connectivity index (χ1) is 6.16. The summed E-state index contributed by atoms with van der Waals surface area (Å²) < 4.78 is 0.942. The quantitative estimate of drug-likeness (QED) is 0.757. The Balaban J connectivity index is 2.36. The van der Waals surface area contributed by atoms with Crippen LogP contribution in [0.1, 0.15) is 0 Å². The lowest BCUT2D eigenvalue weighted by Gasteiger charge is -2.08.